The number of rotatable bonds is 3. The van der Waals surface area contributed by atoms with E-state index in [0.29, 0.717) is 6.42 Å². The van der Waals surface area contributed by atoms with Gasteiger partial charge in [0, 0.05) is 0 Å². The zero-order valence-corrected chi connectivity index (χ0v) is 10.4. The van der Waals surface area contributed by atoms with Gasteiger partial charge in [0.1, 0.15) is 10.2 Å². The van der Waals surface area contributed by atoms with E-state index in [2.05, 4.69) is 20.9 Å². The molecule has 1 heterocycles. The Bertz CT molecular complexity index is 287. The molecule has 0 aromatic carbocycles. The molecule has 1 aromatic heterocycles. The van der Waals surface area contributed by atoms with Crippen molar-refractivity contribution < 1.29 is 5.11 Å². The van der Waals surface area contributed by atoms with E-state index in [-0.39, 0.29) is 5.92 Å². The molecule has 0 aliphatic heterocycles. The van der Waals surface area contributed by atoms with Gasteiger partial charge in [0.05, 0.1) is 10.4 Å². The second-order valence-corrected chi connectivity index (χ2v) is 5.01. The highest BCUT2D eigenvalue weighted by molar-refractivity contribution is 9.10. The Morgan fingerprint density at radius 2 is 2.31 bits per heavy atom. The van der Waals surface area contributed by atoms with Crippen molar-refractivity contribution in [1.82, 2.24) is 4.98 Å². The third-order valence-electron chi connectivity index (χ3n) is 2.41. The van der Waals surface area contributed by atoms with Crippen molar-refractivity contribution >= 4 is 27.3 Å². The average Bonchev–Trinajstić information content (AvgIpc) is 2.50. The van der Waals surface area contributed by atoms with Gasteiger partial charge in [-0.3, -0.25) is 0 Å². The van der Waals surface area contributed by atoms with Gasteiger partial charge in [-0.2, -0.15) is 0 Å². The Kier molecular flexibility index (Phi) is 3.49. The Labute approximate surface area is 91.1 Å². The highest BCUT2D eigenvalue weighted by atomic mass is 79.9. The molecule has 2 nitrogen and oxygen atoms in total. The van der Waals surface area contributed by atoms with Crippen LogP contribution in [0.5, 0.6) is 0 Å². The van der Waals surface area contributed by atoms with Crippen molar-refractivity contribution in [2.45, 2.75) is 32.8 Å². The van der Waals surface area contributed by atoms with E-state index in [0.717, 1.165) is 9.48 Å². The van der Waals surface area contributed by atoms with E-state index in [4.69, 9.17) is 0 Å². The van der Waals surface area contributed by atoms with E-state index in [9.17, 15) is 5.11 Å². The summed E-state index contributed by atoms with van der Waals surface area (Å²) in [6.45, 7) is 6.04. The molecule has 74 valence electrons. The summed E-state index contributed by atoms with van der Waals surface area (Å²) in [6, 6.07) is 0. The van der Waals surface area contributed by atoms with E-state index in [1.807, 2.05) is 20.8 Å². The van der Waals surface area contributed by atoms with Gasteiger partial charge in [-0.25, -0.2) is 4.98 Å². The van der Waals surface area contributed by atoms with Gasteiger partial charge in [-0.05, 0) is 28.3 Å². The van der Waals surface area contributed by atoms with Gasteiger partial charge in [-0.15, -0.1) is 11.3 Å². The van der Waals surface area contributed by atoms with E-state index in [1.165, 1.54) is 11.3 Å². The van der Waals surface area contributed by atoms with Crippen LogP contribution >= 0.6 is 27.3 Å². The van der Waals surface area contributed by atoms with Gasteiger partial charge in [-0.1, -0.05) is 20.8 Å². The highest BCUT2D eigenvalue weighted by Gasteiger charge is 2.34. The van der Waals surface area contributed by atoms with Gasteiger partial charge < -0.3 is 5.11 Å². The van der Waals surface area contributed by atoms with Crippen molar-refractivity contribution in [2.75, 3.05) is 0 Å². The molecule has 0 saturated heterocycles. The molecule has 1 N–H and O–H groups in total. The molecule has 0 amide bonds. The standard InChI is InChI=1S/C9H14BrNOS/c1-4-9(12,6(2)3)7-8(10)11-5-13-7/h5-6,12H,4H2,1-3H3. The lowest BCUT2D eigenvalue weighted by Gasteiger charge is -2.29. The molecular weight excluding hydrogens is 250 g/mol. The lowest BCUT2D eigenvalue weighted by Crippen LogP contribution is -2.30. The third kappa shape index (κ3) is 1.95. The monoisotopic (exact) mass is 263 g/mol. The zero-order chi connectivity index (χ0) is 10.1. The van der Waals surface area contributed by atoms with Crippen LogP contribution in [-0.4, -0.2) is 10.1 Å². The molecule has 1 rings (SSSR count). The number of nitrogens with zero attached hydrogens (tertiary/aromatic N) is 1. The Morgan fingerprint density at radius 3 is 2.62 bits per heavy atom. The third-order valence-corrected chi connectivity index (χ3v) is 4.27. The maximum atomic E-state index is 10.4. The summed E-state index contributed by atoms with van der Waals surface area (Å²) in [5.74, 6) is 0.203. The summed E-state index contributed by atoms with van der Waals surface area (Å²) in [7, 11) is 0. The maximum Gasteiger partial charge on any atom is 0.123 e. The van der Waals surface area contributed by atoms with Crippen LogP contribution in [0.4, 0.5) is 0 Å². The minimum atomic E-state index is -0.736. The molecule has 0 saturated carbocycles. The Hall–Kier alpha value is 0.0700. The first-order valence-corrected chi connectivity index (χ1v) is 6.01. The minimum Gasteiger partial charge on any atom is -0.384 e. The van der Waals surface area contributed by atoms with Crippen LogP contribution in [0.25, 0.3) is 0 Å². The first-order chi connectivity index (χ1) is 6.02. The molecule has 0 fully saturated rings. The molecule has 0 radical (unpaired) electrons. The first kappa shape index (κ1) is 11.1. The van der Waals surface area contributed by atoms with Crippen LogP contribution in [0.3, 0.4) is 0 Å². The number of hydrogen-bond donors (Lipinski definition) is 1. The van der Waals surface area contributed by atoms with E-state index >= 15 is 0 Å². The number of halogens is 1. The average molecular weight is 264 g/mol. The van der Waals surface area contributed by atoms with Crippen LogP contribution in [0.2, 0.25) is 0 Å². The van der Waals surface area contributed by atoms with E-state index < -0.39 is 5.60 Å². The summed E-state index contributed by atoms with van der Waals surface area (Å²) in [6.07, 6.45) is 0.714. The topological polar surface area (TPSA) is 33.1 Å². The molecule has 0 aliphatic carbocycles. The number of hydrogen-bond acceptors (Lipinski definition) is 3. The van der Waals surface area contributed by atoms with Crippen molar-refractivity contribution in [3.8, 4) is 0 Å². The van der Waals surface area contributed by atoms with Gasteiger partial charge in [0.25, 0.3) is 0 Å². The van der Waals surface area contributed by atoms with Crippen LogP contribution in [0.15, 0.2) is 10.1 Å². The Morgan fingerprint density at radius 1 is 1.69 bits per heavy atom. The smallest absolute Gasteiger partial charge is 0.123 e. The normalized spacial score (nSPS) is 16.2. The fourth-order valence-corrected chi connectivity index (χ4v) is 3.20. The molecule has 1 atom stereocenters. The van der Waals surface area contributed by atoms with Crippen molar-refractivity contribution in [3.63, 3.8) is 0 Å². The van der Waals surface area contributed by atoms with Gasteiger partial charge >= 0.3 is 0 Å². The lowest BCUT2D eigenvalue weighted by molar-refractivity contribution is -0.0113. The fraction of sp³-hybridized carbons (Fsp3) is 0.667. The second kappa shape index (κ2) is 4.07. The zero-order valence-electron chi connectivity index (χ0n) is 8.04. The van der Waals surface area contributed by atoms with Gasteiger partial charge in [0.2, 0.25) is 0 Å². The summed E-state index contributed by atoms with van der Waals surface area (Å²) in [5.41, 5.74) is 1.02. The molecule has 0 spiro atoms. The van der Waals surface area contributed by atoms with Crippen LogP contribution in [-0.2, 0) is 5.60 Å². The summed E-state index contributed by atoms with van der Waals surface area (Å²) < 4.78 is 0.774. The predicted octanol–water partition coefficient (Wildman–Crippen LogP) is 3.16. The van der Waals surface area contributed by atoms with E-state index in [1.54, 1.807) is 5.51 Å². The summed E-state index contributed by atoms with van der Waals surface area (Å²) >= 11 is 4.85. The molecular formula is C9H14BrNOS. The minimum absolute atomic E-state index is 0.203. The first-order valence-electron chi connectivity index (χ1n) is 4.34. The van der Waals surface area contributed by atoms with Crippen LogP contribution < -0.4 is 0 Å². The molecule has 1 unspecified atom stereocenters. The number of thiazole rings is 1. The van der Waals surface area contributed by atoms with Crippen LogP contribution in [0, 0.1) is 5.92 Å². The quantitative estimate of drug-likeness (QED) is 0.909. The molecule has 0 bridgehead atoms. The second-order valence-electron chi connectivity index (χ2n) is 3.40. The SMILES string of the molecule is CCC(O)(c1scnc1Br)C(C)C. The maximum absolute atomic E-state index is 10.4. The highest BCUT2D eigenvalue weighted by Crippen LogP contribution is 2.39. The predicted molar refractivity (Wildman–Crippen MR) is 58.8 cm³/mol. The largest absolute Gasteiger partial charge is 0.384 e. The van der Waals surface area contributed by atoms with Crippen LogP contribution in [0.1, 0.15) is 32.1 Å². The van der Waals surface area contributed by atoms with Crippen molar-refractivity contribution in [1.29, 1.82) is 0 Å². The molecule has 1 aromatic rings. The summed E-state index contributed by atoms with van der Waals surface area (Å²) in [5, 5.41) is 10.4. The lowest BCUT2D eigenvalue weighted by atomic mass is 9.87. The number of aromatic nitrogens is 1. The summed E-state index contributed by atoms with van der Waals surface area (Å²) in [4.78, 5) is 5.02. The molecule has 4 heteroatoms. The Balaban J connectivity index is 3.10. The number of aliphatic hydroxyl groups is 1. The molecule has 13 heavy (non-hydrogen) atoms. The fourth-order valence-electron chi connectivity index (χ4n) is 1.34. The van der Waals surface area contributed by atoms with Crippen molar-refractivity contribution in [2.24, 2.45) is 5.92 Å². The van der Waals surface area contributed by atoms with Gasteiger partial charge in [0.15, 0.2) is 0 Å². The van der Waals surface area contributed by atoms with Crippen molar-refractivity contribution in [3.05, 3.63) is 15.0 Å². The molecule has 0 aliphatic rings.